The normalized spacial score (nSPS) is 13.7. The van der Waals surface area contributed by atoms with Gasteiger partial charge in [-0.1, -0.05) is 18.2 Å². The zero-order valence-corrected chi connectivity index (χ0v) is 17.7. The molecule has 2 heterocycles. The Labute approximate surface area is 182 Å². The maximum atomic E-state index is 13.3. The van der Waals surface area contributed by atoms with Gasteiger partial charge in [-0.15, -0.1) is 11.3 Å². The Morgan fingerprint density at radius 3 is 2.42 bits per heavy atom. The summed E-state index contributed by atoms with van der Waals surface area (Å²) in [5.41, 5.74) is 1.63. The number of ether oxygens (including phenoxy) is 2. The Balaban J connectivity index is 1.71. The summed E-state index contributed by atoms with van der Waals surface area (Å²) in [6.45, 7) is 0.0394. The number of halogens is 1. The molecule has 3 aromatic rings. The quantitative estimate of drug-likeness (QED) is 0.557. The molecule has 0 radical (unpaired) electrons. The molecule has 2 amide bonds. The number of benzene rings is 2. The zero-order chi connectivity index (χ0) is 22.0. The average molecular weight is 438 g/mol. The maximum absolute atomic E-state index is 13.3. The summed E-state index contributed by atoms with van der Waals surface area (Å²) in [4.78, 5) is 28.3. The fourth-order valence-corrected chi connectivity index (χ4v) is 4.06. The minimum atomic E-state index is -0.462. The minimum absolute atomic E-state index is 0.0394. The molecule has 2 aromatic carbocycles. The van der Waals surface area contributed by atoms with E-state index in [1.54, 1.807) is 43.5 Å². The van der Waals surface area contributed by atoms with E-state index >= 15 is 0 Å². The first-order valence-corrected chi connectivity index (χ1v) is 10.3. The van der Waals surface area contributed by atoms with E-state index in [4.69, 9.17) is 9.47 Å². The van der Waals surface area contributed by atoms with Crippen molar-refractivity contribution in [2.45, 2.75) is 6.54 Å². The molecule has 0 aliphatic carbocycles. The van der Waals surface area contributed by atoms with E-state index in [1.165, 1.54) is 30.6 Å². The van der Waals surface area contributed by atoms with Crippen molar-refractivity contribution in [1.82, 2.24) is 4.90 Å². The van der Waals surface area contributed by atoms with Crippen LogP contribution in [-0.4, -0.2) is 30.9 Å². The van der Waals surface area contributed by atoms with Crippen LogP contribution in [0.5, 0.6) is 11.5 Å². The van der Waals surface area contributed by atoms with Gasteiger partial charge in [0.2, 0.25) is 0 Å². The van der Waals surface area contributed by atoms with Crippen molar-refractivity contribution in [2.75, 3.05) is 19.5 Å². The number of methoxy groups -OCH3 is 2. The van der Waals surface area contributed by atoms with Crippen LogP contribution in [0.4, 0.5) is 10.1 Å². The van der Waals surface area contributed by atoms with Crippen LogP contribution in [0.1, 0.15) is 10.4 Å². The van der Waals surface area contributed by atoms with Crippen LogP contribution in [0.2, 0.25) is 0 Å². The third kappa shape index (κ3) is 4.02. The predicted molar refractivity (Wildman–Crippen MR) is 116 cm³/mol. The number of nitrogens with zero attached hydrogens (tertiary/aromatic N) is 1. The molecule has 1 N–H and O–H groups in total. The molecule has 0 saturated carbocycles. The lowest BCUT2D eigenvalue weighted by molar-refractivity contribution is -0.137. The number of hydrogen-bond acceptors (Lipinski definition) is 6. The summed E-state index contributed by atoms with van der Waals surface area (Å²) >= 11 is 1.37. The molecule has 8 heteroatoms. The van der Waals surface area contributed by atoms with E-state index in [9.17, 15) is 14.0 Å². The lowest BCUT2D eigenvalue weighted by atomic mass is 10.1. The number of rotatable bonds is 7. The number of thiophene rings is 1. The van der Waals surface area contributed by atoms with Crippen LogP contribution in [0, 0.1) is 5.82 Å². The Morgan fingerprint density at radius 2 is 1.77 bits per heavy atom. The topological polar surface area (TPSA) is 67.9 Å². The summed E-state index contributed by atoms with van der Waals surface area (Å²) in [5, 5.41) is 4.93. The van der Waals surface area contributed by atoms with Gasteiger partial charge in [-0.2, -0.15) is 0 Å². The summed E-state index contributed by atoms with van der Waals surface area (Å²) in [6, 6.07) is 14.5. The number of hydrogen-bond donors (Lipinski definition) is 1. The van der Waals surface area contributed by atoms with Crippen molar-refractivity contribution in [3.05, 3.63) is 81.9 Å². The van der Waals surface area contributed by atoms with Crippen molar-refractivity contribution in [2.24, 2.45) is 0 Å². The number of nitrogens with one attached hydrogen (secondary N) is 1. The van der Waals surface area contributed by atoms with Crippen molar-refractivity contribution >= 4 is 34.4 Å². The fraction of sp³-hybridized carbons (Fsp3) is 0.130. The van der Waals surface area contributed by atoms with Gasteiger partial charge >= 0.3 is 0 Å². The lowest BCUT2D eigenvalue weighted by Crippen LogP contribution is -2.32. The highest BCUT2D eigenvalue weighted by Gasteiger charge is 2.40. The molecule has 1 aromatic heterocycles. The summed E-state index contributed by atoms with van der Waals surface area (Å²) in [7, 11) is 3.06. The van der Waals surface area contributed by atoms with Gasteiger partial charge in [0.1, 0.15) is 23.0 Å². The van der Waals surface area contributed by atoms with E-state index < -0.39 is 11.8 Å². The maximum Gasteiger partial charge on any atom is 0.278 e. The molecule has 0 fully saturated rings. The molecule has 0 spiro atoms. The third-order valence-electron chi connectivity index (χ3n) is 4.86. The van der Waals surface area contributed by atoms with E-state index in [0.717, 1.165) is 4.90 Å². The number of imide groups is 1. The van der Waals surface area contributed by atoms with Crippen LogP contribution in [0.25, 0.3) is 5.57 Å². The fourth-order valence-electron chi connectivity index (χ4n) is 3.29. The van der Waals surface area contributed by atoms with Gasteiger partial charge in [-0.3, -0.25) is 14.5 Å². The highest BCUT2D eigenvalue weighted by atomic mass is 32.1. The van der Waals surface area contributed by atoms with Crippen LogP contribution in [0.15, 0.2) is 65.7 Å². The van der Waals surface area contributed by atoms with Crippen molar-refractivity contribution in [3.8, 4) is 11.5 Å². The first-order valence-electron chi connectivity index (χ1n) is 9.39. The van der Waals surface area contributed by atoms with Crippen molar-refractivity contribution in [3.63, 3.8) is 0 Å². The van der Waals surface area contributed by atoms with Gasteiger partial charge in [0.25, 0.3) is 11.8 Å². The number of carbonyl (C=O) groups excluding carboxylic acids is 2. The average Bonchev–Trinajstić information content (AvgIpc) is 3.38. The lowest BCUT2D eigenvalue weighted by Gasteiger charge is -2.16. The molecule has 1 aliphatic rings. The highest BCUT2D eigenvalue weighted by molar-refractivity contribution is 7.11. The molecule has 0 atom stereocenters. The molecular weight excluding hydrogens is 419 g/mol. The molecule has 6 nitrogen and oxygen atoms in total. The Bertz CT molecular complexity index is 1160. The Morgan fingerprint density at radius 1 is 1.00 bits per heavy atom. The molecule has 0 bridgehead atoms. The SMILES string of the molecule is COc1ccc(NC2=C(c3cccs3)C(=O)N(Cc3ccc(F)cc3)C2=O)c(OC)c1. The van der Waals surface area contributed by atoms with Gasteiger partial charge < -0.3 is 14.8 Å². The second-order valence-electron chi connectivity index (χ2n) is 6.74. The van der Waals surface area contributed by atoms with Crippen molar-refractivity contribution < 1.29 is 23.5 Å². The van der Waals surface area contributed by atoms with E-state index in [0.29, 0.717) is 33.2 Å². The van der Waals surface area contributed by atoms with Crippen LogP contribution >= 0.6 is 11.3 Å². The van der Waals surface area contributed by atoms with Gasteiger partial charge in [0.05, 0.1) is 32.0 Å². The second-order valence-corrected chi connectivity index (χ2v) is 7.69. The molecule has 31 heavy (non-hydrogen) atoms. The number of anilines is 1. The van der Waals surface area contributed by atoms with Gasteiger partial charge in [-0.25, -0.2) is 4.39 Å². The largest absolute Gasteiger partial charge is 0.497 e. The van der Waals surface area contributed by atoms with Crippen LogP contribution in [-0.2, 0) is 16.1 Å². The van der Waals surface area contributed by atoms with Crippen molar-refractivity contribution in [1.29, 1.82) is 0 Å². The molecule has 1 aliphatic heterocycles. The summed E-state index contributed by atoms with van der Waals surface area (Å²) < 4.78 is 23.9. The molecule has 4 rings (SSSR count). The van der Waals surface area contributed by atoms with Crippen LogP contribution in [0.3, 0.4) is 0 Å². The monoisotopic (exact) mass is 438 g/mol. The van der Waals surface area contributed by atoms with Gasteiger partial charge in [0, 0.05) is 10.9 Å². The van der Waals surface area contributed by atoms with Gasteiger partial charge in [0.15, 0.2) is 0 Å². The first kappa shape index (κ1) is 20.6. The number of amides is 2. The van der Waals surface area contributed by atoms with Gasteiger partial charge in [-0.05, 0) is 41.3 Å². The van der Waals surface area contributed by atoms with E-state index in [-0.39, 0.29) is 18.1 Å². The molecule has 0 saturated heterocycles. The Hall–Kier alpha value is -3.65. The zero-order valence-electron chi connectivity index (χ0n) is 16.8. The summed E-state index contributed by atoms with van der Waals surface area (Å²) in [5.74, 6) is -0.187. The first-order chi connectivity index (χ1) is 15.0. The minimum Gasteiger partial charge on any atom is -0.497 e. The standard InChI is InChI=1S/C23H19FN2O4S/c1-29-16-9-10-17(18(12-16)30-2)25-21-20(19-4-3-11-31-19)22(27)26(23(21)28)13-14-5-7-15(24)8-6-14/h3-12,25H,13H2,1-2H3. The Kier molecular flexibility index (Phi) is 5.73. The second kappa shape index (κ2) is 8.61. The summed E-state index contributed by atoms with van der Waals surface area (Å²) in [6.07, 6.45) is 0. The third-order valence-corrected chi connectivity index (χ3v) is 5.75. The molecular formula is C23H19FN2O4S. The molecule has 158 valence electrons. The van der Waals surface area contributed by atoms with E-state index in [1.807, 2.05) is 11.4 Å². The predicted octanol–water partition coefficient (Wildman–Crippen LogP) is 4.30. The molecule has 0 unspecified atom stereocenters. The number of carbonyl (C=O) groups is 2. The van der Waals surface area contributed by atoms with Crippen LogP contribution < -0.4 is 14.8 Å². The smallest absolute Gasteiger partial charge is 0.278 e. The van der Waals surface area contributed by atoms with E-state index in [2.05, 4.69) is 5.32 Å². The highest BCUT2D eigenvalue weighted by Crippen LogP contribution is 2.36.